The minimum atomic E-state index is -0.829. The molecule has 0 aromatic carbocycles. The van der Waals surface area contributed by atoms with Crippen LogP contribution in [0, 0.1) is 22.7 Å². The highest BCUT2D eigenvalue weighted by Gasteiger charge is 1.84. The van der Waals surface area contributed by atoms with Crippen LogP contribution in [0.5, 0.6) is 0 Å². The standard InChI is InChI=1S/C4H2N2.C4H6O2/c1-4(2-5)3-6;1-2-3-4(5)6/h1H2;2H,1,3H2,(H,5,6). The third-order valence-corrected chi connectivity index (χ3v) is 0.589. The Bertz CT molecular complexity index is 239. The lowest BCUT2D eigenvalue weighted by Gasteiger charge is -1.75. The zero-order chi connectivity index (χ0) is 9.98. The predicted octanol–water partition coefficient (Wildman–Crippen LogP) is 1.24. The summed E-state index contributed by atoms with van der Waals surface area (Å²) in [6.07, 6.45) is 1.41. The SMILES string of the molecule is C=C(C#N)C#N.C=CCC(=O)O. The van der Waals surface area contributed by atoms with Crippen LogP contribution in [0.2, 0.25) is 0 Å². The number of carbonyl (C=O) groups is 1. The normalized spacial score (nSPS) is 6.17. The molecule has 0 aromatic rings. The molecule has 12 heavy (non-hydrogen) atoms. The Hall–Kier alpha value is -2.07. The molecule has 0 amide bonds. The fraction of sp³-hybridized carbons (Fsp3) is 0.125. The van der Waals surface area contributed by atoms with Gasteiger partial charge in [-0.05, 0) is 0 Å². The zero-order valence-electron chi connectivity index (χ0n) is 6.45. The highest BCUT2D eigenvalue weighted by molar-refractivity contribution is 5.68. The van der Waals surface area contributed by atoms with Crippen LogP contribution in [0.3, 0.4) is 0 Å². The van der Waals surface area contributed by atoms with Crippen molar-refractivity contribution in [2.75, 3.05) is 0 Å². The predicted molar refractivity (Wildman–Crippen MR) is 42.8 cm³/mol. The van der Waals surface area contributed by atoms with Crippen LogP contribution in [0.15, 0.2) is 24.8 Å². The highest BCUT2D eigenvalue weighted by Crippen LogP contribution is 1.75. The van der Waals surface area contributed by atoms with Crippen LogP contribution < -0.4 is 0 Å². The number of rotatable bonds is 2. The molecule has 0 aliphatic rings. The van der Waals surface area contributed by atoms with Crippen molar-refractivity contribution in [3.63, 3.8) is 0 Å². The molecular weight excluding hydrogens is 156 g/mol. The second kappa shape index (κ2) is 8.93. The van der Waals surface area contributed by atoms with Gasteiger partial charge in [-0.3, -0.25) is 4.79 Å². The Labute approximate surface area is 70.7 Å². The van der Waals surface area contributed by atoms with Gasteiger partial charge < -0.3 is 5.11 Å². The van der Waals surface area contributed by atoms with E-state index in [4.69, 9.17) is 15.6 Å². The van der Waals surface area contributed by atoms with E-state index in [-0.39, 0.29) is 12.0 Å². The number of carboxylic acids is 1. The average molecular weight is 164 g/mol. The topological polar surface area (TPSA) is 84.9 Å². The van der Waals surface area contributed by atoms with Crippen molar-refractivity contribution in [2.24, 2.45) is 0 Å². The Morgan fingerprint density at radius 2 is 1.92 bits per heavy atom. The molecule has 0 rings (SSSR count). The lowest BCUT2D eigenvalue weighted by molar-refractivity contribution is -0.135. The van der Waals surface area contributed by atoms with E-state index < -0.39 is 5.97 Å². The van der Waals surface area contributed by atoms with Gasteiger partial charge in [0.1, 0.15) is 17.7 Å². The molecule has 62 valence electrons. The molecule has 0 atom stereocenters. The quantitative estimate of drug-likeness (QED) is 0.491. The fourth-order valence-electron chi connectivity index (χ4n) is 0.148. The second-order valence-electron chi connectivity index (χ2n) is 1.59. The van der Waals surface area contributed by atoms with E-state index in [0.717, 1.165) is 0 Å². The first kappa shape index (κ1) is 12.6. The lowest BCUT2D eigenvalue weighted by Crippen LogP contribution is -1.88. The van der Waals surface area contributed by atoms with Crippen LogP contribution in [0.4, 0.5) is 0 Å². The molecule has 0 radical (unpaired) electrons. The monoisotopic (exact) mass is 164 g/mol. The molecule has 0 saturated carbocycles. The average Bonchev–Trinajstić information content (AvgIpc) is 2.04. The number of nitriles is 2. The molecule has 0 spiro atoms. The molecule has 4 nitrogen and oxygen atoms in total. The maximum atomic E-state index is 9.53. The van der Waals surface area contributed by atoms with Gasteiger partial charge in [-0.25, -0.2) is 0 Å². The summed E-state index contributed by atoms with van der Waals surface area (Å²) in [4.78, 5) is 9.53. The third kappa shape index (κ3) is 15.7. The molecule has 0 aliphatic carbocycles. The first-order valence-electron chi connectivity index (χ1n) is 2.90. The maximum Gasteiger partial charge on any atom is 0.307 e. The smallest absolute Gasteiger partial charge is 0.307 e. The summed E-state index contributed by atoms with van der Waals surface area (Å²) in [6, 6.07) is 3.12. The minimum Gasteiger partial charge on any atom is -0.481 e. The van der Waals surface area contributed by atoms with Gasteiger partial charge in [0.25, 0.3) is 0 Å². The number of carboxylic acid groups (broad SMARTS) is 1. The number of aliphatic carboxylic acids is 1. The summed E-state index contributed by atoms with van der Waals surface area (Å²) in [5.41, 5.74) is -0.0463. The van der Waals surface area contributed by atoms with E-state index in [1.54, 1.807) is 12.1 Å². The van der Waals surface area contributed by atoms with Gasteiger partial charge in [0.05, 0.1) is 6.42 Å². The molecule has 0 unspecified atom stereocenters. The molecular formula is C8H8N2O2. The number of hydrogen-bond donors (Lipinski definition) is 1. The highest BCUT2D eigenvalue weighted by atomic mass is 16.4. The molecule has 0 bridgehead atoms. The maximum absolute atomic E-state index is 9.53. The van der Waals surface area contributed by atoms with Gasteiger partial charge >= 0.3 is 5.97 Å². The van der Waals surface area contributed by atoms with Crippen molar-refractivity contribution in [3.05, 3.63) is 24.8 Å². The van der Waals surface area contributed by atoms with Crippen molar-refractivity contribution in [1.29, 1.82) is 10.5 Å². The van der Waals surface area contributed by atoms with Gasteiger partial charge in [-0.2, -0.15) is 10.5 Å². The summed E-state index contributed by atoms with van der Waals surface area (Å²) >= 11 is 0. The Morgan fingerprint density at radius 1 is 1.50 bits per heavy atom. The molecule has 1 N–H and O–H groups in total. The first-order chi connectivity index (χ1) is 5.58. The lowest BCUT2D eigenvalue weighted by atomic mass is 10.4. The summed E-state index contributed by atoms with van der Waals surface area (Å²) < 4.78 is 0. The van der Waals surface area contributed by atoms with Crippen molar-refractivity contribution in [2.45, 2.75) is 6.42 Å². The molecule has 0 saturated heterocycles. The molecule has 0 heterocycles. The van der Waals surface area contributed by atoms with E-state index in [1.165, 1.54) is 6.08 Å². The summed E-state index contributed by atoms with van der Waals surface area (Å²) in [5.74, 6) is -0.829. The van der Waals surface area contributed by atoms with E-state index in [1.807, 2.05) is 0 Å². The van der Waals surface area contributed by atoms with Gasteiger partial charge in [0.2, 0.25) is 0 Å². The molecule has 0 aromatic heterocycles. The number of nitrogens with zero attached hydrogens (tertiary/aromatic N) is 2. The van der Waals surface area contributed by atoms with E-state index in [9.17, 15) is 4.79 Å². The fourth-order valence-corrected chi connectivity index (χ4v) is 0.148. The first-order valence-corrected chi connectivity index (χ1v) is 2.90. The minimum absolute atomic E-state index is 0.0463. The van der Waals surface area contributed by atoms with Crippen molar-refractivity contribution >= 4 is 5.97 Å². The molecule has 0 fully saturated rings. The molecule has 4 heteroatoms. The van der Waals surface area contributed by atoms with Crippen LogP contribution in [0.25, 0.3) is 0 Å². The number of allylic oxidation sites excluding steroid dienone is 1. The largest absolute Gasteiger partial charge is 0.481 e. The van der Waals surface area contributed by atoms with Crippen LogP contribution in [-0.2, 0) is 4.79 Å². The summed E-state index contributed by atoms with van der Waals surface area (Å²) in [6.45, 7) is 6.29. The van der Waals surface area contributed by atoms with Gasteiger partial charge in [-0.1, -0.05) is 12.7 Å². The Balaban J connectivity index is 0. The van der Waals surface area contributed by atoms with E-state index in [2.05, 4.69) is 13.2 Å². The summed E-state index contributed by atoms with van der Waals surface area (Å²) in [5, 5.41) is 23.4. The van der Waals surface area contributed by atoms with Crippen LogP contribution in [0.1, 0.15) is 6.42 Å². The zero-order valence-corrected chi connectivity index (χ0v) is 6.45. The van der Waals surface area contributed by atoms with Gasteiger partial charge in [0, 0.05) is 0 Å². The van der Waals surface area contributed by atoms with Crippen molar-refractivity contribution in [1.82, 2.24) is 0 Å². The summed E-state index contributed by atoms with van der Waals surface area (Å²) in [7, 11) is 0. The van der Waals surface area contributed by atoms with Crippen LogP contribution in [-0.4, -0.2) is 11.1 Å². The van der Waals surface area contributed by atoms with Crippen molar-refractivity contribution < 1.29 is 9.90 Å². The van der Waals surface area contributed by atoms with E-state index >= 15 is 0 Å². The van der Waals surface area contributed by atoms with Gasteiger partial charge in [0.15, 0.2) is 0 Å². The van der Waals surface area contributed by atoms with E-state index in [0.29, 0.717) is 0 Å². The van der Waals surface area contributed by atoms with Crippen LogP contribution >= 0.6 is 0 Å². The second-order valence-corrected chi connectivity index (χ2v) is 1.59. The molecule has 0 aliphatic heterocycles. The van der Waals surface area contributed by atoms with Crippen molar-refractivity contribution in [3.8, 4) is 12.1 Å². The number of hydrogen-bond acceptors (Lipinski definition) is 3. The third-order valence-electron chi connectivity index (χ3n) is 0.589. The van der Waals surface area contributed by atoms with Gasteiger partial charge in [-0.15, -0.1) is 6.58 Å². The Kier molecular flexibility index (Phi) is 9.37. The Morgan fingerprint density at radius 3 is 1.92 bits per heavy atom.